The Morgan fingerprint density at radius 3 is 1.79 bits per heavy atom. The van der Waals surface area contributed by atoms with Gasteiger partial charge in [-0.2, -0.15) is 0 Å². The van der Waals surface area contributed by atoms with E-state index in [-0.39, 0.29) is 17.7 Å². The Bertz CT molecular complexity index is 452. The molecule has 0 fully saturated rings. The largest absolute Gasteiger partial charge is 0.356 e. The summed E-state index contributed by atoms with van der Waals surface area (Å²) >= 11 is 1.35. The predicted octanol–water partition coefficient (Wildman–Crippen LogP) is 0.580. The Morgan fingerprint density at radius 2 is 1.28 bits per heavy atom. The van der Waals surface area contributed by atoms with E-state index in [1.807, 2.05) is 14.1 Å². The van der Waals surface area contributed by atoms with E-state index in [0.717, 1.165) is 51.7 Å². The summed E-state index contributed by atoms with van der Waals surface area (Å²) < 4.78 is 0. The van der Waals surface area contributed by atoms with Crippen LogP contribution in [0.3, 0.4) is 0 Å². The maximum absolute atomic E-state index is 11.8. The average Bonchev–Trinajstić information content (AvgIpc) is 2.70. The first-order chi connectivity index (χ1) is 14.0. The molecule has 0 saturated carbocycles. The highest BCUT2D eigenvalue weighted by atomic mass is 32.2. The van der Waals surface area contributed by atoms with Crippen LogP contribution in [0.15, 0.2) is 0 Å². The number of carbonyl (C=O) groups excluding carboxylic acids is 3. The molecule has 0 aromatic carbocycles. The van der Waals surface area contributed by atoms with Crippen LogP contribution in [-0.2, 0) is 14.4 Å². The topological polar surface area (TPSA) is 103 Å². The van der Waals surface area contributed by atoms with Crippen molar-refractivity contribution in [1.29, 1.82) is 0 Å². The maximum Gasteiger partial charge on any atom is 0.230 e. The zero-order valence-corrected chi connectivity index (χ0v) is 19.3. The molecule has 29 heavy (non-hydrogen) atoms. The molecule has 170 valence electrons. The maximum atomic E-state index is 11.8. The van der Waals surface area contributed by atoms with Crippen LogP contribution in [0.25, 0.3) is 0 Å². The Kier molecular flexibility index (Phi) is 19.1. The highest BCUT2D eigenvalue weighted by Crippen LogP contribution is 1.99. The Hall–Kier alpha value is -1.32. The second-order valence-electron chi connectivity index (χ2n) is 7.11. The SMILES string of the molecule is CCCCCNC(=O)CSCC(=O)NCCCN(C)CCCNC(=O)CCNC. The zero-order chi connectivity index (χ0) is 21.7. The molecule has 4 N–H and O–H groups in total. The number of thioether (sulfide) groups is 1. The number of unbranched alkanes of at least 4 members (excludes halogenated alkanes) is 2. The van der Waals surface area contributed by atoms with Crippen LogP contribution in [0, 0.1) is 0 Å². The van der Waals surface area contributed by atoms with Crippen molar-refractivity contribution in [3.05, 3.63) is 0 Å². The summed E-state index contributed by atoms with van der Waals surface area (Å²) in [6.07, 6.45) is 5.56. The van der Waals surface area contributed by atoms with Crippen LogP contribution < -0.4 is 21.3 Å². The Morgan fingerprint density at radius 1 is 0.759 bits per heavy atom. The minimum atomic E-state index is -0.0271. The number of hydrogen-bond donors (Lipinski definition) is 4. The smallest absolute Gasteiger partial charge is 0.230 e. The van der Waals surface area contributed by atoms with Gasteiger partial charge in [-0.15, -0.1) is 11.8 Å². The molecule has 0 atom stereocenters. The molecule has 9 heteroatoms. The molecule has 0 saturated heterocycles. The molecule has 0 aliphatic rings. The fourth-order valence-electron chi connectivity index (χ4n) is 2.53. The second kappa shape index (κ2) is 20.0. The number of nitrogens with zero attached hydrogens (tertiary/aromatic N) is 1. The molecule has 0 aromatic heterocycles. The normalized spacial score (nSPS) is 10.8. The lowest BCUT2D eigenvalue weighted by atomic mass is 10.2. The van der Waals surface area contributed by atoms with Crippen LogP contribution in [0.1, 0.15) is 45.4 Å². The van der Waals surface area contributed by atoms with E-state index in [9.17, 15) is 14.4 Å². The summed E-state index contributed by atoms with van der Waals surface area (Å²) in [6, 6.07) is 0. The van der Waals surface area contributed by atoms with Crippen molar-refractivity contribution in [2.75, 3.05) is 64.9 Å². The van der Waals surface area contributed by atoms with Gasteiger partial charge in [0.05, 0.1) is 11.5 Å². The third-order valence-electron chi connectivity index (χ3n) is 4.25. The van der Waals surface area contributed by atoms with Gasteiger partial charge in [0.25, 0.3) is 0 Å². The van der Waals surface area contributed by atoms with Crippen molar-refractivity contribution in [2.45, 2.75) is 45.4 Å². The minimum Gasteiger partial charge on any atom is -0.356 e. The van der Waals surface area contributed by atoms with Crippen molar-refractivity contribution in [2.24, 2.45) is 0 Å². The van der Waals surface area contributed by atoms with Gasteiger partial charge in [0.15, 0.2) is 0 Å². The van der Waals surface area contributed by atoms with Crippen LogP contribution >= 0.6 is 11.8 Å². The summed E-state index contributed by atoms with van der Waals surface area (Å²) in [5.41, 5.74) is 0. The van der Waals surface area contributed by atoms with Crippen LogP contribution in [0.4, 0.5) is 0 Å². The van der Waals surface area contributed by atoms with E-state index >= 15 is 0 Å². The minimum absolute atomic E-state index is 0.00116. The zero-order valence-electron chi connectivity index (χ0n) is 18.5. The summed E-state index contributed by atoms with van der Waals surface area (Å²) in [4.78, 5) is 37.1. The first kappa shape index (κ1) is 27.7. The first-order valence-electron chi connectivity index (χ1n) is 10.7. The molecule has 0 rings (SSSR count). The van der Waals surface area contributed by atoms with E-state index in [2.05, 4.69) is 33.1 Å². The van der Waals surface area contributed by atoms with Crippen LogP contribution in [-0.4, -0.2) is 87.5 Å². The lowest BCUT2D eigenvalue weighted by Gasteiger charge is -2.16. The van der Waals surface area contributed by atoms with Gasteiger partial charge in [0, 0.05) is 32.6 Å². The standard InChI is InChI=1S/C20H41N5O3S/c1-4-5-6-10-23-19(27)16-29-17-20(28)24-12-8-15-25(3)14-7-11-22-18(26)9-13-21-2/h21H,4-17H2,1-3H3,(H,22,26)(H,23,27)(H,24,28). The third-order valence-corrected chi connectivity index (χ3v) is 5.18. The van der Waals surface area contributed by atoms with Crippen molar-refractivity contribution in [3.63, 3.8) is 0 Å². The van der Waals surface area contributed by atoms with Crippen molar-refractivity contribution in [3.8, 4) is 0 Å². The van der Waals surface area contributed by atoms with Gasteiger partial charge in [-0.3, -0.25) is 14.4 Å². The molecule has 0 spiro atoms. The fraction of sp³-hybridized carbons (Fsp3) is 0.850. The second-order valence-corrected chi connectivity index (χ2v) is 8.10. The van der Waals surface area contributed by atoms with E-state index in [4.69, 9.17) is 0 Å². The Labute approximate surface area is 180 Å². The number of amides is 3. The molecule has 0 aliphatic heterocycles. The van der Waals surface area contributed by atoms with Gasteiger partial charge in [0.1, 0.15) is 0 Å². The van der Waals surface area contributed by atoms with Crippen LogP contribution in [0.2, 0.25) is 0 Å². The van der Waals surface area contributed by atoms with Crippen LogP contribution in [0.5, 0.6) is 0 Å². The predicted molar refractivity (Wildman–Crippen MR) is 121 cm³/mol. The van der Waals surface area contributed by atoms with E-state index in [1.54, 1.807) is 0 Å². The molecule has 0 heterocycles. The summed E-state index contributed by atoms with van der Waals surface area (Å²) in [5, 5.41) is 11.6. The number of carbonyl (C=O) groups is 3. The number of nitrogens with one attached hydrogen (secondary N) is 4. The highest BCUT2D eigenvalue weighted by Gasteiger charge is 2.06. The molecule has 8 nitrogen and oxygen atoms in total. The van der Waals surface area contributed by atoms with Gasteiger partial charge in [-0.05, 0) is 46.4 Å². The van der Waals surface area contributed by atoms with Crippen molar-refractivity contribution >= 4 is 29.5 Å². The molecular formula is C20H41N5O3S. The van der Waals surface area contributed by atoms with Gasteiger partial charge in [0.2, 0.25) is 17.7 Å². The monoisotopic (exact) mass is 431 g/mol. The van der Waals surface area contributed by atoms with Crippen molar-refractivity contribution in [1.82, 2.24) is 26.2 Å². The van der Waals surface area contributed by atoms with Gasteiger partial charge in [-0.1, -0.05) is 19.8 Å². The fourth-order valence-corrected chi connectivity index (χ4v) is 3.21. The van der Waals surface area contributed by atoms with E-state index in [0.29, 0.717) is 37.6 Å². The van der Waals surface area contributed by atoms with E-state index in [1.165, 1.54) is 11.8 Å². The highest BCUT2D eigenvalue weighted by molar-refractivity contribution is 8.00. The summed E-state index contributed by atoms with van der Waals surface area (Å²) in [7, 11) is 3.87. The lowest BCUT2D eigenvalue weighted by Crippen LogP contribution is -2.32. The quantitative estimate of drug-likeness (QED) is 0.223. The number of rotatable bonds is 19. The molecular weight excluding hydrogens is 390 g/mol. The third kappa shape index (κ3) is 19.8. The molecule has 0 radical (unpaired) electrons. The molecule has 3 amide bonds. The molecule has 0 aromatic rings. The molecule has 0 unspecified atom stereocenters. The number of hydrogen-bond acceptors (Lipinski definition) is 6. The average molecular weight is 432 g/mol. The summed E-state index contributed by atoms with van der Waals surface area (Å²) in [6.45, 7) is 6.66. The van der Waals surface area contributed by atoms with E-state index < -0.39 is 0 Å². The summed E-state index contributed by atoms with van der Waals surface area (Å²) in [5.74, 6) is 0.690. The molecule has 0 aliphatic carbocycles. The molecule has 0 bridgehead atoms. The van der Waals surface area contributed by atoms with Gasteiger partial charge in [-0.25, -0.2) is 0 Å². The lowest BCUT2D eigenvalue weighted by molar-refractivity contribution is -0.121. The Balaban J connectivity index is 3.51. The first-order valence-corrected chi connectivity index (χ1v) is 11.9. The van der Waals surface area contributed by atoms with Crippen molar-refractivity contribution < 1.29 is 14.4 Å². The van der Waals surface area contributed by atoms with Gasteiger partial charge >= 0.3 is 0 Å². The van der Waals surface area contributed by atoms with Gasteiger partial charge < -0.3 is 26.2 Å².